The van der Waals surface area contributed by atoms with E-state index >= 15 is 0 Å². The highest BCUT2D eigenvalue weighted by Gasteiger charge is 2.19. The van der Waals surface area contributed by atoms with Gasteiger partial charge in [0.2, 0.25) is 0 Å². The van der Waals surface area contributed by atoms with Crippen LogP contribution in [0, 0.1) is 5.92 Å². The molecule has 21 heavy (non-hydrogen) atoms. The molecule has 2 atom stereocenters. The second-order valence-electron chi connectivity index (χ2n) is 5.58. The van der Waals surface area contributed by atoms with Gasteiger partial charge in [-0.2, -0.15) is 0 Å². The van der Waals surface area contributed by atoms with Crippen LogP contribution in [0.1, 0.15) is 23.4 Å². The topological polar surface area (TPSA) is 15.3 Å². The number of hydrogen-bond acceptors (Lipinski definition) is 3. The van der Waals surface area contributed by atoms with Gasteiger partial charge in [-0.1, -0.05) is 37.3 Å². The van der Waals surface area contributed by atoms with Crippen LogP contribution in [0.4, 0.5) is 0 Å². The van der Waals surface area contributed by atoms with Crippen LogP contribution in [0.3, 0.4) is 0 Å². The summed E-state index contributed by atoms with van der Waals surface area (Å²) in [5.41, 5.74) is 1.36. The summed E-state index contributed by atoms with van der Waals surface area (Å²) in [6.07, 6.45) is 0. The molecule has 0 saturated carbocycles. The molecule has 114 valence electrons. The molecule has 0 aliphatic carbocycles. The molecule has 0 radical (unpaired) electrons. The van der Waals surface area contributed by atoms with E-state index < -0.39 is 0 Å². The number of rotatable bonds is 7. The summed E-state index contributed by atoms with van der Waals surface area (Å²) in [6, 6.07) is 13.3. The van der Waals surface area contributed by atoms with E-state index in [4.69, 9.17) is 0 Å². The molecule has 0 fully saturated rings. The zero-order valence-corrected chi connectivity index (χ0v) is 15.2. The first-order chi connectivity index (χ1) is 10.1. The van der Waals surface area contributed by atoms with Crippen molar-refractivity contribution in [3.63, 3.8) is 0 Å². The van der Waals surface area contributed by atoms with Gasteiger partial charge in [-0.3, -0.25) is 0 Å². The van der Waals surface area contributed by atoms with Crippen molar-refractivity contribution in [1.29, 1.82) is 0 Å². The molecule has 0 bridgehead atoms. The van der Waals surface area contributed by atoms with Crippen LogP contribution in [-0.4, -0.2) is 25.5 Å². The Labute approximate surface area is 140 Å². The maximum atomic E-state index is 3.52. The molecule has 1 heterocycles. The minimum atomic E-state index is 0.392. The van der Waals surface area contributed by atoms with Crippen molar-refractivity contribution in [1.82, 2.24) is 10.2 Å². The number of thiophene rings is 1. The summed E-state index contributed by atoms with van der Waals surface area (Å²) >= 11 is 5.33. The van der Waals surface area contributed by atoms with Crippen LogP contribution < -0.4 is 5.32 Å². The third-order valence-corrected chi connectivity index (χ3v) is 5.37. The summed E-state index contributed by atoms with van der Waals surface area (Å²) in [5.74, 6) is 0.547. The molecule has 0 amide bonds. The van der Waals surface area contributed by atoms with E-state index in [1.165, 1.54) is 14.9 Å². The van der Waals surface area contributed by atoms with Gasteiger partial charge in [0.05, 0.1) is 0 Å². The molecule has 2 aromatic rings. The summed E-state index contributed by atoms with van der Waals surface area (Å²) < 4.78 is 1.18. The fourth-order valence-corrected chi connectivity index (χ4v) is 4.33. The monoisotopic (exact) mass is 366 g/mol. The van der Waals surface area contributed by atoms with Crippen LogP contribution in [0.5, 0.6) is 0 Å². The van der Waals surface area contributed by atoms with Gasteiger partial charge >= 0.3 is 0 Å². The second kappa shape index (κ2) is 8.08. The van der Waals surface area contributed by atoms with Gasteiger partial charge in [0.1, 0.15) is 0 Å². The van der Waals surface area contributed by atoms with Gasteiger partial charge in [-0.15, -0.1) is 11.3 Å². The van der Waals surface area contributed by atoms with Crippen molar-refractivity contribution < 1.29 is 0 Å². The number of benzene rings is 1. The van der Waals surface area contributed by atoms with Crippen molar-refractivity contribution in [2.24, 2.45) is 5.92 Å². The van der Waals surface area contributed by atoms with E-state index in [9.17, 15) is 0 Å². The first-order valence-corrected chi connectivity index (χ1v) is 8.91. The molecule has 0 aliphatic rings. The predicted molar refractivity (Wildman–Crippen MR) is 95.8 cm³/mol. The van der Waals surface area contributed by atoms with Gasteiger partial charge in [0.25, 0.3) is 0 Å². The smallest absolute Gasteiger partial charge is 0.0355 e. The Hall–Kier alpha value is -0.680. The fourth-order valence-electron chi connectivity index (χ4n) is 2.80. The zero-order chi connectivity index (χ0) is 15.2. The van der Waals surface area contributed by atoms with E-state index in [0.29, 0.717) is 12.0 Å². The highest BCUT2D eigenvalue weighted by atomic mass is 79.9. The summed E-state index contributed by atoms with van der Waals surface area (Å²) in [4.78, 5) is 3.80. The SMILES string of the molecule is CNC(c1ccccc1)C(C)CN(C)Cc1cc(Br)cs1. The third-order valence-electron chi connectivity index (χ3n) is 3.69. The predicted octanol–water partition coefficient (Wildman–Crippen LogP) is 4.54. The second-order valence-corrected chi connectivity index (χ2v) is 7.49. The van der Waals surface area contributed by atoms with E-state index in [1.807, 2.05) is 18.4 Å². The largest absolute Gasteiger partial charge is 0.313 e. The van der Waals surface area contributed by atoms with Gasteiger partial charge in [-0.05, 0) is 47.6 Å². The van der Waals surface area contributed by atoms with Crippen molar-refractivity contribution in [3.05, 3.63) is 56.7 Å². The molecule has 2 unspecified atom stereocenters. The molecule has 1 aromatic carbocycles. The molecule has 2 nitrogen and oxygen atoms in total. The van der Waals surface area contributed by atoms with Crippen molar-refractivity contribution in [2.45, 2.75) is 19.5 Å². The molecule has 4 heteroatoms. The van der Waals surface area contributed by atoms with E-state index in [2.05, 4.69) is 81.9 Å². The number of nitrogens with zero attached hydrogens (tertiary/aromatic N) is 1. The molecular formula is C17H23BrN2S. The van der Waals surface area contributed by atoms with Gasteiger partial charge in [-0.25, -0.2) is 0 Å². The van der Waals surface area contributed by atoms with Crippen molar-refractivity contribution >= 4 is 27.3 Å². The van der Waals surface area contributed by atoms with Crippen LogP contribution >= 0.6 is 27.3 Å². The van der Waals surface area contributed by atoms with Gasteiger partial charge < -0.3 is 10.2 Å². The standard InChI is InChI=1S/C17H23BrN2S/c1-13(17(19-2)14-7-5-4-6-8-14)10-20(3)11-16-9-15(18)12-21-16/h4-9,12-13,17,19H,10-11H2,1-3H3. The molecule has 0 spiro atoms. The van der Waals surface area contributed by atoms with Crippen LogP contribution in [0.2, 0.25) is 0 Å². The van der Waals surface area contributed by atoms with E-state index in [0.717, 1.165) is 13.1 Å². The lowest BCUT2D eigenvalue weighted by Crippen LogP contribution is -2.32. The summed E-state index contributed by atoms with van der Waals surface area (Å²) in [7, 11) is 4.24. The van der Waals surface area contributed by atoms with E-state index in [1.54, 1.807) is 0 Å². The lowest BCUT2D eigenvalue weighted by Gasteiger charge is -2.28. The third kappa shape index (κ3) is 4.92. The highest BCUT2D eigenvalue weighted by Crippen LogP contribution is 2.24. The molecule has 2 rings (SSSR count). The number of nitrogens with one attached hydrogen (secondary N) is 1. The quantitative estimate of drug-likeness (QED) is 0.773. The number of halogens is 1. The van der Waals surface area contributed by atoms with Crippen molar-refractivity contribution in [2.75, 3.05) is 20.6 Å². The maximum Gasteiger partial charge on any atom is 0.0355 e. The highest BCUT2D eigenvalue weighted by molar-refractivity contribution is 9.10. The fraction of sp³-hybridized carbons (Fsp3) is 0.412. The Bertz CT molecular complexity index is 541. The van der Waals surface area contributed by atoms with Crippen LogP contribution in [0.15, 0.2) is 46.3 Å². The Morgan fingerprint density at radius 1 is 1.29 bits per heavy atom. The lowest BCUT2D eigenvalue weighted by molar-refractivity contribution is 0.247. The van der Waals surface area contributed by atoms with Crippen LogP contribution in [0.25, 0.3) is 0 Å². The summed E-state index contributed by atoms with van der Waals surface area (Å²) in [5, 5.41) is 5.61. The Morgan fingerprint density at radius 2 is 2.00 bits per heavy atom. The van der Waals surface area contributed by atoms with Crippen LogP contribution in [-0.2, 0) is 6.54 Å². The normalized spacial score (nSPS) is 14.3. The molecule has 1 aromatic heterocycles. The molecule has 1 N–H and O–H groups in total. The van der Waals surface area contributed by atoms with Gasteiger partial charge in [0, 0.05) is 33.9 Å². The first-order valence-electron chi connectivity index (χ1n) is 7.24. The Morgan fingerprint density at radius 3 is 2.57 bits per heavy atom. The maximum absolute atomic E-state index is 3.52. The Kier molecular flexibility index (Phi) is 6.42. The average molecular weight is 367 g/mol. The minimum Gasteiger partial charge on any atom is -0.313 e. The van der Waals surface area contributed by atoms with Crippen molar-refractivity contribution in [3.8, 4) is 0 Å². The number of hydrogen-bond donors (Lipinski definition) is 1. The zero-order valence-electron chi connectivity index (χ0n) is 12.8. The summed E-state index contributed by atoms with van der Waals surface area (Å²) in [6.45, 7) is 4.39. The minimum absolute atomic E-state index is 0.392. The molecule has 0 saturated heterocycles. The lowest BCUT2D eigenvalue weighted by atomic mass is 9.94. The van der Waals surface area contributed by atoms with Gasteiger partial charge in [0.15, 0.2) is 0 Å². The Balaban J connectivity index is 1.94. The molecule has 0 aliphatic heterocycles. The first kappa shape index (κ1) is 16.7. The van der Waals surface area contributed by atoms with E-state index in [-0.39, 0.29) is 0 Å². The molecular weight excluding hydrogens is 344 g/mol. The average Bonchev–Trinajstić information content (AvgIpc) is 2.85.